The molecular formula is C15H22O3. The van der Waals surface area contributed by atoms with E-state index in [1.165, 1.54) is 0 Å². The molecule has 0 saturated heterocycles. The number of hydrogen-bond donors (Lipinski definition) is 1. The highest BCUT2D eigenvalue weighted by atomic mass is 16.5. The number of benzene rings is 1. The Morgan fingerprint density at radius 1 is 1.39 bits per heavy atom. The lowest BCUT2D eigenvalue weighted by atomic mass is 9.89. The lowest BCUT2D eigenvalue weighted by molar-refractivity contribution is 0.00486. The van der Waals surface area contributed by atoms with E-state index < -0.39 is 6.10 Å². The normalized spacial score (nSPS) is 26.2. The highest BCUT2D eigenvalue weighted by molar-refractivity contribution is 5.28. The van der Waals surface area contributed by atoms with Crippen LogP contribution < -0.4 is 4.74 Å². The van der Waals surface area contributed by atoms with E-state index in [1.807, 2.05) is 24.3 Å². The number of rotatable bonds is 4. The Kier molecular flexibility index (Phi) is 3.93. The minimum absolute atomic E-state index is 0.0468. The number of hydrogen-bond acceptors (Lipinski definition) is 3. The van der Waals surface area contributed by atoms with Crippen molar-refractivity contribution in [3.05, 3.63) is 29.8 Å². The fraction of sp³-hybridized carbons (Fsp3) is 0.600. The van der Waals surface area contributed by atoms with Crippen molar-refractivity contribution in [2.75, 3.05) is 7.11 Å². The molecule has 0 aliphatic heterocycles. The van der Waals surface area contributed by atoms with Crippen molar-refractivity contribution in [1.29, 1.82) is 0 Å². The van der Waals surface area contributed by atoms with Gasteiger partial charge in [0.2, 0.25) is 0 Å². The monoisotopic (exact) mass is 250 g/mol. The van der Waals surface area contributed by atoms with E-state index in [-0.39, 0.29) is 11.5 Å². The van der Waals surface area contributed by atoms with E-state index in [0.29, 0.717) is 6.61 Å². The number of aliphatic hydroxyl groups excluding tert-OH is 1. The van der Waals surface area contributed by atoms with Crippen LogP contribution in [0.1, 0.15) is 32.3 Å². The molecule has 0 radical (unpaired) electrons. The number of aliphatic hydroxyl groups is 1. The molecule has 0 spiro atoms. The molecule has 1 fully saturated rings. The highest BCUT2D eigenvalue weighted by Crippen LogP contribution is 2.39. The van der Waals surface area contributed by atoms with Gasteiger partial charge in [-0.15, -0.1) is 0 Å². The summed E-state index contributed by atoms with van der Waals surface area (Å²) in [6.07, 6.45) is 1.40. The SMILES string of the molecule is COCc1cccc(OC2CCC(C)(C)C2O)c1. The van der Waals surface area contributed by atoms with E-state index in [1.54, 1.807) is 7.11 Å². The van der Waals surface area contributed by atoms with Gasteiger partial charge in [0.25, 0.3) is 0 Å². The molecule has 18 heavy (non-hydrogen) atoms. The first-order chi connectivity index (χ1) is 8.53. The van der Waals surface area contributed by atoms with Gasteiger partial charge in [0.15, 0.2) is 0 Å². The highest BCUT2D eigenvalue weighted by Gasteiger charge is 2.42. The summed E-state index contributed by atoms with van der Waals surface area (Å²) in [5.41, 5.74) is 1.04. The van der Waals surface area contributed by atoms with Crippen molar-refractivity contribution >= 4 is 0 Å². The van der Waals surface area contributed by atoms with Crippen LogP contribution in [0, 0.1) is 5.41 Å². The van der Waals surface area contributed by atoms with Crippen LogP contribution in [-0.2, 0) is 11.3 Å². The maximum atomic E-state index is 10.2. The van der Waals surface area contributed by atoms with E-state index in [4.69, 9.17) is 9.47 Å². The number of methoxy groups -OCH3 is 1. The second-order valence-corrected chi connectivity index (χ2v) is 5.71. The van der Waals surface area contributed by atoms with Crippen molar-refractivity contribution in [2.24, 2.45) is 5.41 Å². The average Bonchev–Trinajstić information content (AvgIpc) is 2.57. The third-order valence-electron chi connectivity index (χ3n) is 3.72. The van der Waals surface area contributed by atoms with Crippen LogP contribution in [0.25, 0.3) is 0 Å². The molecular weight excluding hydrogens is 228 g/mol. The summed E-state index contributed by atoms with van der Waals surface area (Å²) in [5, 5.41) is 10.2. The Morgan fingerprint density at radius 3 is 2.78 bits per heavy atom. The molecule has 1 aromatic carbocycles. The van der Waals surface area contributed by atoms with Crippen molar-refractivity contribution in [2.45, 2.75) is 45.5 Å². The van der Waals surface area contributed by atoms with Gasteiger partial charge in [0.1, 0.15) is 11.9 Å². The number of ether oxygens (including phenoxy) is 2. The van der Waals surface area contributed by atoms with Crippen LogP contribution in [0.4, 0.5) is 0 Å². The Balaban J connectivity index is 2.04. The molecule has 1 aliphatic rings. The van der Waals surface area contributed by atoms with Crippen molar-refractivity contribution in [1.82, 2.24) is 0 Å². The van der Waals surface area contributed by atoms with E-state index in [9.17, 15) is 5.11 Å². The largest absolute Gasteiger partial charge is 0.488 e. The Labute approximate surface area is 109 Å². The standard InChI is InChI=1S/C15H22O3/c1-15(2)8-7-13(14(15)16)18-12-6-4-5-11(9-12)10-17-3/h4-6,9,13-14,16H,7-8,10H2,1-3H3. The van der Waals surface area contributed by atoms with E-state index in [0.717, 1.165) is 24.2 Å². The van der Waals surface area contributed by atoms with Crippen LogP contribution in [-0.4, -0.2) is 24.4 Å². The van der Waals surface area contributed by atoms with Gasteiger partial charge in [0.05, 0.1) is 12.7 Å². The maximum Gasteiger partial charge on any atom is 0.125 e. The van der Waals surface area contributed by atoms with Crippen LogP contribution in [0.15, 0.2) is 24.3 Å². The zero-order chi connectivity index (χ0) is 13.2. The van der Waals surface area contributed by atoms with Crippen molar-refractivity contribution < 1.29 is 14.6 Å². The zero-order valence-electron chi connectivity index (χ0n) is 11.3. The topological polar surface area (TPSA) is 38.7 Å². The quantitative estimate of drug-likeness (QED) is 0.893. The first-order valence-electron chi connectivity index (χ1n) is 6.45. The molecule has 0 bridgehead atoms. The van der Waals surface area contributed by atoms with E-state index >= 15 is 0 Å². The molecule has 3 heteroatoms. The van der Waals surface area contributed by atoms with Gasteiger partial charge in [-0.3, -0.25) is 0 Å². The fourth-order valence-electron chi connectivity index (χ4n) is 2.50. The molecule has 2 unspecified atom stereocenters. The van der Waals surface area contributed by atoms with Crippen LogP contribution >= 0.6 is 0 Å². The van der Waals surface area contributed by atoms with Gasteiger partial charge in [-0.1, -0.05) is 26.0 Å². The maximum absolute atomic E-state index is 10.2. The summed E-state index contributed by atoms with van der Waals surface area (Å²) in [4.78, 5) is 0. The first kappa shape index (κ1) is 13.4. The second kappa shape index (κ2) is 5.29. The predicted octanol–water partition coefficient (Wildman–Crippen LogP) is 2.76. The summed E-state index contributed by atoms with van der Waals surface area (Å²) in [6, 6.07) is 7.86. The van der Waals surface area contributed by atoms with E-state index in [2.05, 4.69) is 13.8 Å². The molecule has 0 amide bonds. The van der Waals surface area contributed by atoms with Crippen molar-refractivity contribution in [3.63, 3.8) is 0 Å². The van der Waals surface area contributed by atoms with Gasteiger partial charge >= 0.3 is 0 Å². The molecule has 3 nitrogen and oxygen atoms in total. The lowest BCUT2D eigenvalue weighted by Gasteiger charge is -2.25. The third kappa shape index (κ3) is 2.85. The molecule has 1 aromatic rings. The van der Waals surface area contributed by atoms with Crippen LogP contribution in [0.5, 0.6) is 5.75 Å². The summed E-state index contributed by atoms with van der Waals surface area (Å²) in [7, 11) is 1.68. The van der Waals surface area contributed by atoms with Crippen LogP contribution in [0.3, 0.4) is 0 Å². The average molecular weight is 250 g/mol. The zero-order valence-corrected chi connectivity index (χ0v) is 11.3. The van der Waals surface area contributed by atoms with Gasteiger partial charge in [-0.25, -0.2) is 0 Å². The summed E-state index contributed by atoms with van der Waals surface area (Å²) in [6.45, 7) is 4.75. The molecule has 100 valence electrons. The fourth-order valence-corrected chi connectivity index (χ4v) is 2.50. The summed E-state index contributed by atoms with van der Waals surface area (Å²) >= 11 is 0. The molecule has 0 heterocycles. The lowest BCUT2D eigenvalue weighted by Crippen LogP contribution is -2.34. The molecule has 1 aliphatic carbocycles. The summed E-state index contributed by atoms with van der Waals surface area (Å²) in [5.74, 6) is 0.811. The predicted molar refractivity (Wildman–Crippen MR) is 70.6 cm³/mol. The minimum atomic E-state index is -0.399. The Hall–Kier alpha value is -1.06. The Bertz CT molecular complexity index is 400. The van der Waals surface area contributed by atoms with Gasteiger partial charge in [-0.2, -0.15) is 0 Å². The Morgan fingerprint density at radius 2 is 2.17 bits per heavy atom. The molecule has 1 saturated carbocycles. The smallest absolute Gasteiger partial charge is 0.125 e. The molecule has 0 aromatic heterocycles. The van der Waals surface area contributed by atoms with Crippen molar-refractivity contribution in [3.8, 4) is 5.75 Å². The van der Waals surface area contributed by atoms with Gasteiger partial charge < -0.3 is 14.6 Å². The van der Waals surface area contributed by atoms with Gasteiger partial charge in [-0.05, 0) is 36.0 Å². The summed E-state index contributed by atoms with van der Waals surface area (Å²) < 4.78 is 11.0. The second-order valence-electron chi connectivity index (χ2n) is 5.71. The van der Waals surface area contributed by atoms with Crippen LogP contribution in [0.2, 0.25) is 0 Å². The third-order valence-corrected chi connectivity index (χ3v) is 3.72. The minimum Gasteiger partial charge on any atom is -0.488 e. The molecule has 1 N–H and O–H groups in total. The molecule has 2 atom stereocenters. The van der Waals surface area contributed by atoms with Gasteiger partial charge in [0, 0.05) is 7.11 Å². The molecule has 2 rings (SSSR count). The first-order valence-corrected chi connectivity index (χ1v) is 6.45.